The van der Waals surface area contributed by atoms with Gasteiger partial charge in [-0.15, -0.1) is 0 Å². The Morgan fingerprint density at radius 1 is 1.45 bits per heavy atom. The Morgan fingerprint density at radius 3 is 2.95 bits per heavy atom. The van der Waals surface area contributed by atoms with Crippen LogP contribution in [0.5, 0.6) is 0 Å². The molecule has 0 spiro atoms. The molecule has 6 nitrogen and oxygen atoms in total. The molecular weight excluding hydrogens is 260 g/mol. The summed E-state index contributed by atoms with van der Waals surface area (Å²) in [5.74, 6) is -0.394. The number of fused-ring (bicyclic) bond motifs is 1. The molecule has 0 fully saturated rings. The number of benzene rings is 1. The summed E-state index contributed by atoms with van der Waals surface area (Å²) in [6.07, 6.45) is 4.77. The average Bonchev–Trinajstić information content (AvgIpc) is 2.82. The highest BCUT2D eigenvalue weighted by Gasteiger charge is 2.12. The molecule has 1 heterocycles. The predicted octanol–water partition coefficient (Wildman–Crippen LogP) is 2.67. The van der Waals surface area contributed by atoms with E-state index in [2.05, 4.69) is 0 Å². The number of nitrogens with zero attached hydrogens (tertiary/aromatic N) is 2. The third-order valence-corrected chi connectivity index (χ3v) is 2.83. The van der Waals surface area contributed by atoms with Gasteiger partial charge in [0, 0.05) is 24.9 Å². The minimum Gasteiger partial charge on any atom is -0.463 e. The predicted molar refractivity (Wildman–Crippen MR) is 74.4 cm³/mol. The summed E-state index contributed by atoms with van der Waals surface area (Å²) in [6.45, 7) is 2.52. The lowest BCUT2D eigenvalue weighted by Crippen LogP contribution is -2.00. The van der Waals surface area contributed by atoms with Crippen molar-refractivity contribution in [1.29, 1.82) is 0 Å². The molecule has 0 aliphatic rings. The van der Waals surface area contributed by atoms with Gasteiger partial charge in [0.2, 0.25) is 0 Å². The van der Waals surface area contributed by atoms with Crippen molar-refractivity contribution >= 4 is 22.6 Å². The standard InChI is InChI=1S/C14H14N2O4/c1-2-20-14(17)7-4-9-15-10-8-11-12(15)5-3-6-13(11)16(18)19/h3-8,10H,2,9H2,1H3/b7-4+. The van der Waals surface area contributed by atoms with E-state index in [1.807, 2.05) is 4.57 Å². The first-order valence-corrected chi connectivity index (χ1v) is 6.19. The Balaban J connectivity index is 2.22. The molecule has 104 valence electrons. The number of ether oxygens (including phenoxy) is 1. The van der Waals surface area contributed by atoms with E-state index in [4.69, 9.17) is 4.74 Å². The van der Waals surface area contributed by atoms with Gasteiger partial charge in [0.15, 0.2) is 0 Å². The van der Waals surface area contributed by atoms with Crippen LogP contribution in [-0.4, -0.2) is 22.1 Å². The Kier molecular flexibility index (Phi) is 4.14. The van der Waals surface area contributed by atoms with Crippen LogP contribution in [-0.2, 0) is 16.1 Å². The molecule has 2 aromatic rings. The van der Waals surface area contributed by atoms with Crippen LogP contribution in [0.1, 0.15) is 6.92 Å². The number of aromatic nitrogens is 1. The fourth-order valence-electron chi connectivity index (χ4n) is 1.98. The summed E-state index contributed by atoms with van der Waals surface area (Å²) >= 11 is 0. The minimum atomic E-state index is -0.402. The van der Waals surface area contributed by atoms with Crippen LogP contribution < -0.4 is 0 Å². The largest absolute Gasteiger partial charge is 0.463 e. The molecule has 6 heteroatoms. The number of allylic oxidation sites excluding steroid dienone is 1. The van der Waals surface area contributed by atoms with Crippen LogP contribution in [0.3, 0.4) is 0 Å². The van der Waals surface area contributed by atoms with Crippen molar-refractivity contribution in [2.75, 3.05) is 6.61 Å². The Hall–Kier alpha value is -2.63. The number of nitro benzene ring substituents is 1. The molecule has 0 amide bonds. The molecule has 1 aromatic heterocycles. The van der Waals surface area contributed by atoms with E-state index in [-0.39, 0.29) is 5.69 Å². The van der Waals surface area contributed by atoms with E-state index in [1.54, 1.807) is 37.4 Å². The van der Waals surface area contributed by atoms with Crippen LogP contribution in [0.15, 0.2) is 42.6 Å². The van der Waals surface area contributed by atoms with Crippen molar-refractivity contribution in [3.63, 3.8) is 0 Å². The molecule has 0 bridgehead atoms. The lowest BCUT2D eigenvalue weighted by molar-refractivity contribution is -0.383. The maximum atomic E-state index is 11.2. The molecule has 0 radical (unpaired) electrons. The van der Waals surface area contributed by atoms with Gasteiger partial charge in [0.25, 0.3) is 5.69 Å². The third-order valence-electron chi connectivity index (χ3n) is 2.83. The van der Waals surface area contributed by atoms with Gasteiger partial charge in [0.1, 0.15) is 0 Å². The third kappa shape index (κ3) is 2.85. The number of hydrogen-bond acceptors (Lipinski definition) is 4. The van der Waals surface area contributed by atoms with Crippen molar-refractivity contribution in [1.82, 2.24) is 4.57 Å². The SMILES string of the molecule is CCOC(=O)/C=C/Cn1ccc2c([N+](=O)[O-])cccc21. The molecule has 0 N–H and O–H groups in total. The van der Waals surface area contributed by atoms with Gasteiger partial charge in [-0.25, -0.2) is 4.79 Å². The first kappa shape index (κ1) is 13.8. The fraction of sp³-hybridized carbons (Fsp3) is 0.214. The summed E-state index contributed by atoms with van der Waals surface area (Å²) in [6, 6.07) is 6.62. The van der Waals surface area contributed by atoms with Gasteiger partial charge in [-0.3, -0.25) is 10.1 Å². The zero-order valence-corrected chi connectivity index (χ0v) is 11.0. The van der Waals surface area contributed by atoms with Gasteiger partial charge in [-0.05, 0) is 19.1 Å². The Morgan fingerprint density at radius 2 is 2.25 bits per heavy atom. The number of rotatable bonds is 5. The van der Waals surface area contributed by atoms with Crippen LogP contribution in [0.2, 0.25) is 0 Å². The summed E-state index contributed by atoms with van der Waals surface area (Å²) in [4.78, 5) is 21.7. The lowest BCUT2D eigenvalue weighted by atomic mass is 10.2. The van der Waals surface area contributed by atoms with Crippen LogP contribution in [0.25, 0.3) is 10.9 Å². The number of hydrogen-bond donors (Lipinski definition) is 0. The van der Waals surface area contributed by atoms with Crippen molar-refractivity contribution in [3.05, 3.63) is 52.7 Å². The van der Waals surface area contributed by atoms with Gasteiger partial charge >= 0.3 is 5.97 Å². The molecule has 0 saturated carbocycles. The number of carbonyl (C=O) groups excluding carboxylic acids is 1. The summed E-state index contributed by atoms with van der Waals surface area (Å²) in [7, 11) is 0. The quantitative estimate of drug-likeness (QED) is 0.363. The zero-order chi connectivity index (χ0) is 14.5. The highest BCUT2D eigenvalue weighted by molar-refractivity contribution is 5.89. The zero-order valence-electron chi connectivity index (χ0n) is 11.0. The van der Waals surface area contributed by atoms with E-state index in [9.17, 15) is 14.9 Å². The fourth-order valence-corrected chi connectivity index (χ4v) is 1.98. The van der Waals surface area contributed by atoms with Crippen molar-refractivity contribution in [2.45, 2.75) is 13.5 Å². The van der Waals surface area contributed by atoms with E-state index >= 15 is 0 Å². The van der Waals surface area contributed by atoms with Gasteiger partial charge in [-0.2, -0.15) is 0 Å². The Labute approximate surface area is 115 Å². The number of carbonyl (C=O) groups is 1. The molecule has 0 unspecified atom stereocenters. The monoisotopic (exact) mass is 274 g/mol. The average molecular weight is 274 g/mol. The van der Waals surface area contributed by atoms with Gasteiger partial charge in [0.05, 0.1) is 22.4 Å². The normalized spacial score (nSPS) is 11.1. The summed E-state index contributed by atoms with van der Waals surface area (Å²) < 4.78 is 6.61. The van der Waals surface area contributed by atoms with Crippen molar-refractivity contribution in [3.8, 4) is 0 Å². The smallest absolute Gasteiger partial charge is 0.330 e. The number of non-ortho nitro benzene ring substituents is 1. The summed E-state index contributed by atoms with van der Waals surface area (Å²) in [5.41, 5.74) is 0.836. The highest BCUT2D eigenvalue weighted by atomic mass is 16.6. The van der Waals surface area contributed by atoms with Crippen molar-refractivity contribution in [2.24, 2.45) is 0 Å². The lowest BCUT2D eigenvalue weighted by Gasteiger charge is -2.01. The molecule has 0 aliphatic carbocycles. The van der Waals surface area contributed by atoms with Crippen LogP contribution >= 0.6 is 0 Å². The minimum absolute atomic E-state index is 0.0793. The van der Waals surface area contributed by atoms with Gasteiger partial charge < -0.3 is 9.30 Å². The molecular formula is C14H14N2O4. The molecule has 1 aromatic carbocycles. The first-order valence-electron chi connectivity index (χ1n) is 6.19. The van der Waals surface area contributed by atoms with Gasteiger partial charge in [-0.1, -0.05) is 12.1 Å². The molecule has 2 rings (SSSR count). The summed E-state index contributed by atoms with van der Waals surface area (Å²) in [5, 5.41) is 11.5. The maximum Gasteiger partial charge on any atom is 0.330 e. The molecule has 20 heavy (non-hydrogen) atoms. The maximum absolute atomic E-state index is 11.2. The second kappa shape index (κ2) is 6.01. The molecule has 0 saturated heterocycles. The first-order chi connectivity index (χ1) is 9.63. The van der Waals surface area contributed by atoms with E-state index in [0.29, 0.717) is 18.5 Å². The van der Waals surface area contributed by atoms with E-state index in [0.717, 1.165) is 5.52 Å². The topological polar surface area (TPSA) is 74.4 Å². The van der Waals surface area contributed by atoms with Crippen LogP contribution in [0, 0.1) is 10.1 Å². The van der Waals surface area contributed by atoms with Crippen LogP contribution in [0.4, 0.5) is 5.69 Å². The molecule has 0 atom stereocenters. The second-order valence-electron chi connectivity index (χ2n) is 4.09. The van der Waals surface area contributed by atoms with E-state index < -0.39 is 10.9 Å². The Bertz CT molecular complexity index is 673. The van der Waals surface area contributed by atoms with E-state index in [1.165, 1.54) is 12.1 Å². The number of esters is 1. The number of nitro groups is 1. The molecule has 0 aliphatic heterocycles. The van der Waals surface area contributed by atoms with Crippen molar-refractivity contribution < 1.29 is 14.5 Å². The highest BCUT2D eigenvalue weighted by Crippen LogP contribution is 2.26. The second-order valence-corrected chi connectivity index (χ2v) is 4.09.